The third-order valence-corrected chi connectivity index (χ3v) is 2.93. The monoisotopic (exact) mass is 320 g/mol. The van der Waals surface area contributed by atoms with Gasteiger partial charge in [0, 0.05) is 0 Å². The van der Waals surface area contributed by atoms with Gasteiger partial charge in [-0.2, -0.15) is 0 Å². The zero-order valence-corrected chi connectivity index (χ0v) is 13.7. The number of carbonyl (C=O) groups excluding carboxylic acids is 2. The minimum Gasteiger partial charge on any atom is -0.493 e. The summed E-state index contributed by atoms with van der Waals surface area (Å²) in [6.45, 7) is 4.77. The average molecular weight is 320 g/mol. The quantitative estimate of drug-likeness (QED) is 0.241. The van der Waals surface area contributed by atoms with Crippen molar-refractivity contribution in [3.63, 3.8) is 0 Å². The second-order valence-corrected chi connectivity index (χ2v) is 4.46. The lowest BCUT2D eigenvalue weighted by molar-refractivity contribution is -0.139. The summed E-state index contributed by atoms with van der Waals surface area (Å²) in [6.07, 6.45) is 2.84. The van der Waals surface area contributed by atoms with E-state index in [1.807, 2.05) is 0 Å². The molecule has 23 heavy (non-hydrogen) atoms. The molecule has 0 aliphatic carbocycles. The molecule has 0 aliphatic rings. The van der Waals surface area contributed by atoms with Gasteiger partial charge in [0.1, 0.15) is 12.2 Å². The van der Waals surface area contributed by atoms with Crippen molar-refractivity contribution in [2.75, 3.05) is 27.9 Å². The van der Waals surface area contributed by atoms with E-state index in [1.165, 1.54) is 40.4 Å². The third-order valence-electron chi connectivity index (χ3n) is 2.93. The first-order valence-electron chi connectivity index (χ1n) is 6.79. The first-order valence-corrected chi connectivity index (χ1v) is 6.79. The number of rotatable bonds is 8. The molecule has 1 aromatic carbocycles. The van der Waals surface area contributed by atoms with E-state index in [4.69, 9.17) is 18.9 Å². The number of benzene rings is 1. The molecule has 0 bridgehead atoms. The number of hydrogen-bond acceptors (Lipinski definition) is 6. The normalized spacial score (nSPS) is 10.7. The molecule has 0 radical (unpaired) electrons. The van der Waals surface area contributed by atoms with Crippen molar-refractivity contribution in [1.29, 1.82) is 0 Å². The molecule has 124 valence electrons. The summed E-state index contributed by atoms with van der Waals surface area (Å²) in [6, 6.07) is 3.26. The van der Waals surface area contributed by atoms with Gasteiger partial charge in [-0.05, 0) is 30.7 Å². The minimum atomic E-state index is -0.717. The van der Waals surface area contributed by atoms with Crippen molar-refractivity contribution in [1.82, 2.24) is 0 Å². The van der Waals surface area contributed by atoms with Crippen molar-refractivity contribution < 1.29 is 28.5 Å². The SMILES string of the molecule is C=CCOC(=O)/C(=C\c1cc(OC)c(OC)c(OC)c1)C(C)=O. The fraction of sp³-hybridized carbons (Fsp3) is 0.294. The predicted octanol–water partition coefficient (Wildman–Crippen LogP) is 2.41. The molecule has 0 fully saturated rings. The number of esters is 1. The number of carbonyl (C=O) groups is 2. The van der Waals surface area contributed by atoms with E-state index in [1.54, 1.807) is 12.1 Å². The highest BCUT2D eigenvalue weighted by molar-refractivity contribution is 6.19. The van der Waals surface area contributed by atoms with Crippen LogP contribution in [0.4, 0.5) is 0 Å². The lowest BCUT2D eigenvalue weighted by Gasteiger charge is -2.13. The number of ether oxygens (including phenoxy) is 4. The Morgan fingerprint density at radius 3 is 2.04 bits per heavy atom. The van der Waals surface area contributed by atoms with Crippen LogP contribution < -0.4 is 14.2 Å². The van der Waals surface area contributed by atoms with E-state index in [-0.39, 0.29) is 12.2 Å². The van der Waals surface area contributed by atoms with Crippen LogP contribution in [-0.2, 0) is 14.3 Å². The van der Waals surface area contributed by atoms with E-state index in [9.17, 15) is 9.59 Å². The van der Waals surface area contributed by atoms with Gasteiger partial charge in [0.25, 0.3) is 0 Å². The Kier molecular flexibility index (Phi) is 6.86. The number of ketones is 1. The number of Topliss-reactive ketones (excluding diaryl/α,β-unsaturated/α-hetero) is 1. The van der Waals surface area contributed by atoms with Crippen LogP contribution in [-0.4, -0.2) is 39.7 Å². The number of methoxy groups -OCH3 is 3. The molecule has 0 unspecified atom stereocenters. The summed E-state index contributed by atoms with van der Waals surface area (Å²) in [5.41, 5.74) is 0.460. The highest BCUT2D eigenvalue weighted by Gasteiger charge is 2.18. The van der Waals surface area contributed by atoms with Gasteiger partial charge in [0.2, 0.25) is 5.75 Å². The second-order valence-electron chi connectivity index (χ2n) is 4.46. The Morgan fingerprint density at radius 1 is 1.09 bits per heavy atom. The molecule has 0 aromatic heterocycles. The minimum absolute atomic E-state index is 0.0265. The van der Waals surface area contributed by atoms with Gasteiger partial charge in [-0.1, -0.05) is 12.7 Å². The standard InChI is InChI=1S/C17H20O6/c1-6-7-23-17(19)13(11(2)18)8-12-9-14(20-3)16(22-5)15(10-12)21-4/h6,8-10H,1,7H2,2-5H3/b13-8-. The summed E-state index contributed by atoms with van der Waals surface area (Å²) in [4.78, 5) is 23.6. The lowest BCUT2D eigenvalue weighted by Crippen LogP contribution is -2.13. The van der Waals surface area contributed by atoms with E-state index in [2.05, 4.69) is 6.58 Å². The Bertz CT molecular complexity index is 605. The van der Waals surface area contributed by atoms with Crippen LogP contribution >= 0.6 is 0 Å². The van der Waals surface area contributed by atoms with Crippen LogP contribution in [0.1, 0.15) is 12.5 Å². The molecule has 0 aliphatic heterocycles. The molecule has 1 rings (SSSR count). The van der Waals surface area contributed by atoms with E-state index in [0.717, 1.165) is 0 Å². The van der Waals surface area contributed by atoms with Crippen molar-refractivity contribution in [2.24, 2.45) is 0 Å². The van der Waals surface area contributed by atoms with Gasteiger partial charge < -0.3 is 18.9 Å². The summed E-state index contributed by atoms with van der Waals surface area (Å²) < 4.78 is 20.6. The molecule has 0 amide bonds. The van der Waals surface area contributed by atoms with Crippen LogP contribution in [0, 0.1) is 0 Å². The molecule has 6 heteroatoms. The largest absolute Gasteiger partial charge is 0.493 e. The highest BCUT2D eigenvalue weighted by atomic mass is 16.5. The Hall–Kier alpha value is -2.76. The maximum absolute atomic E-state index is 11.9. The molecular weight excluding hydrogens is 300 g/mol. The molecule has 0 atom stereocenters. The van der Waals surface area contributed by atoms with Crippen LogP contribution in [0.15, 0.2) is 30.4 Å². The van der Waals surface area contributed by atoms with Crippen molar-refractivity contribution >= 4 is 17.8 Å². The molecule has 0 N–H and O–H groups in total. The summed E-state index contributed by atoms with van der Waals surface area (Å²) >= 11 is 0. The Labute approximate surface area is 135 Å². The average Bonchev–Trinajstić information content (AvgIpc) is 2.55. The molecule has 1 aromatic rings. The van der Waals surface area contributed by atoms with Gasteiger partial charge in [-0.3, -0.25) is 4.79 Å². The summed E-state index contributed by atoms with van der Waals surface area (Å²) in [7, 11) is 4.45. The molecular formula is C17H20O6. The van der Waals surface area contributed by atoms with E-state index in [0.29, 0.717) is 22.8 Å². The van der Waals surface area contributed by atoms with Gasteiger partial charge in [-0.25, -0.2) is 4.79 Å². The fourth-order valence-electron chi connectivity index (χ4n) is 1.87. The number of hydrogen-bond donors (Lipinski definition) is 0. The van der Waals surface area contributed by atoms with E-state index < -0.39 is 11.8 Å². The van der Waals surface area contributed by atoms with Gasteiger partial charge in [0.15, 0.2) is 17.3 Å². The first-order chi connectivity index (χ1) is 11.0. The van der Waals surface area contributed by atoms with Crippen LogP contribution in [0.3, 0.4) is 0 Å². The summed E-state index contributed by atoms with van der Waals surface area (Å²) in [5, 5.41) is 0. The molecule has 0 spiro atoms. The highest BCUT2D eigenvalue weighted by Crippen LogP contribution is 2.38. The molecule has 0 saturated heterocycles. The Balaban J connectivity index is 3.33. The van der Waals surface area contributed by atoms with Crippen LogP contribution in [0.25, 0.3) is 6.08 Å². The van der Waals surface area contributed by atoms with Crippen molar-refractivity contribution in [2.45, 2.75) is 6.92 Å². The summed E-state index contributed by atoms with van der Waals surface area (Å²) in [5.74, 6) is 0.130. The zero-order chi connectivity index (χ0) is 17.4. The smallest absolute Gasteiger partial charge is 0.342 e. The maximum Gasteiger partial charge on any atom is 0.342 e. The lowest BCUT2D eigenvalue weighted by atomic mass is 10.1. The predicted molar refractivity (Wildman–Crippen MR) is 85.9 cm³/mol. The molecule has 6 nitrogen and oxygen atoms in total. The van der Waals surface area contributed by atoms with Crippen LogP contribution in [0.5, 0.6) is 17.2 Å². The first kappa shape index (κ1) is 18.3. The van der Waals surface area contributed by atoms with Gasteiger partial charge in [-0.15, -0.1) is 0 Å². The molecule has 0 saturated carbocycles. The molecule has 0 heterocycles. The fourth-order valence-corrected chi connectivity index (χ4v) is 1.87. The zero-order valence-electron chi connectivity index (χ0n) is 13.7. The van der Waals surface area contributed by atoms with Gasteiger partial charge >= 0.3 is 5.97 Å². The van der Waals surface area contributed by atoms with E-state index >= 15 is 0 Å². The second kappa shape index (κ2) is 8.63. The van der Waals surface area contributed by atoms with Crippen molar-refractivity contribution in [3.05, 3.63) is 35.9 Å². The van der Waals surface area contributed by atoms with Crippen LogP contribution in [0.2, 0.25) is 0 Å². The third kappa shape index (κ3) is 4.60. The Morgan fingerprint density at radius 2 is 1.65 bits per heavy atom. The topological polar surface area (TPSA) is 71.1 Å². The van der Waals surface area contributed by atoms with Crippen molar-refractivity contribution in [3.8, 4) is 17.2 Å². The van der Waals surface area contributed by atoms with Gasteiger partial charge in [0.05, 0.1) is 21.3 Å². The maximum atomic E-state index is 11.9.